The molecule has 2 heterocycles. The maximum Gasteiger partial charge on any atom is 0.287 e. The van der Waals surface area contributed by atoms with Crippen molar-refractivity contribution in [1.29, 1.82) is 0 Å². The van der Waals surface area contributed by atoms with Crippen molar-refractivity contribution in [3.63, 3.8) is 0 Å². The highest BCUT2D eigenvalue weighted by Gasteiger charge is 2.27. The van der Waals surface area contributed by atoms with Gasteiger partial charge in [0.05, 0.1) is 19.9 Å². The summed E-state index contributed by atoms with van der Waals surface area (Å²) in [7, 11) is 1.54. The molecule has 0 aliphatic carbocycles. The first-order valence-corrected chi connectivity index (χ1v) is 7.12. The number of benzene rings is 1. The van der Waals surface area contributed by atoms with E-state index in [2.05, 4.69) is 5.32 Å². The third kappa shape index (κ3) is 2.93. The molecule has 120 valence electrons. The SMILES string of the molecule is COc1cccc2cc(C(=O)NC[C@](C)(O)c3ccco3)oc12. The molecule has 0 unspecified atom stereocenters. The summed E-state index contributed by atoms with van der Waals surface area (Å²) in [5.74, 6) is 0.669. The molecule has 1 atom stereocenters. The van der Waals surface area contributed by atoms with E-state index in [4.69, 9.17) is 13.6 Å². The molecule has 0 fully saturated rings. The number of hydrogen-bond acceptors (Lipinski definition) is 5. The second-order valence-corrected chi connectivity index (χ2v) is 5.42. The van der Waals surface area contributed by atoms with Crippen molar-refractivity contribution in [1.82, 2.24) is 5.32 Å². The zero-order chi connectivity index (χ0) is 16.4. The van der Waals surface area contributed by atoms with Crippen LogP contribution in [0.4, 0.5) is 0 Å². The molecule has 0 saturated heterocycles. The third-order valence-corrected chi connectivity index (χ3v) is 3.60. The molecule has 1 aromatic carbocycles. The van der Waals surface area contributed by atoms with Crippen molar-refractivity contribution in [3.8, 4) is 5.75 Å². The van der Waals surface area contributed by atoms with Crippen LogP contribution in [0.2, 0.25) is 0 Å². The van der Waals surface area contributed by atoms with Gasteiger partial charge in [0.25, 0.3) is 5.91 Å². The molecular weight excluding hydrogens is 298 g/mol. The Morgan fingerprint density at radius 1 is 1.35 bits per heavy atom. The van der Waals surface area contributed by atoms with Gasteiger partial charge in [0.15, 0.2) is 17.1 Å². The molecule has 6 nitrogen and oxygen atoms in total. The van der Waals surface area contributed by atoms with E-state index in [0.29, 0.717) is 17.1 Å². The van der Waals surface area contributed by atoms with Crippen LogP contribution in [-0.2, 0) is 5.60 Å². The molecule has 0 aliphatic heterocycles. The number of carbonyl (C=O) groups excluding carboxylic acids is 1. The lowest BCUT2D eigenvalue weighted by Crippen LogP contribution is -2.38. The highest BCUT2D eigenvalue weighted by molar-refractivity contribution is 5.97. The molecule has 0 saturated carbocycles. The van der Waals surface area contributed by atoms with Gasteiger partial charge in [0.2, 0.25) is 0 Å². The van der Waals surface area contributed by atoms with Crippen LogP contribution in [0.1, 0.15) is 23.2 Å². The minimum Gasteiger partial charge on any atom is -0.493 e. The second kappa shape index (κ2) is 5.81. The highest BCUT2D eigenvalue weighted by atomic mass is 16.5. The highest BCUT2D eigenvalue weighted by Crippen LogP contribution is 2.28. The van der Waals surface area contributed by atoms with Crippen LogP contribution in [-0.4, -0.2) is 24.7 Å². The lowest BCUT2D eigenvalue weighted by Gasteiger charge is -2.20. The average molecular weight is 315 g/mol. The topological polar surface area (TPSA) is 84.8 Å². The molecule has 0 radical (unpaired) electrons. The summed E-state index contributed by atoms with van der Waals surface area (Å²) in [6, 6.07) is 10.4. The summed E-state index contributed by atoms with van der Waals surface area (Å²) in [6.07, 6.45) is 1.47. The van der Waals surface area contributed by atoms with E-state index < -0.39 is 11.5 Å². The van der Waals surface area contributed by atoms with E-state index in [0.717, 1.165) is 5.39 Å². The minimum absolute atomic E-state index is 0.00642. The summed E-state index contributed by atoms with van der Waals surface area (Å²) in [6.45, 7) is 1.56. The molecule has 3 aromatic rings. The van der Waals surface area contributed by atoms with E-state index in [1.807, 2.05) is 12.1 Å². The van der Waals surface area contributed by atoms with E-state index in [-0.39, 0.29) is 12.3 Å². The lowest BCUT2D eigenvalue weighted by molar-refractivity contribution is 0.0326. The Bertz CT molecular complexity index is 817. The molecule has 2 N–H and O–H groups in total. The zero-order valence-corrected chi connectivity index (χ0v) is 12.8. The van der Waals surface area contributed by atoms with Gasteiger partial charge in [0, 0.05) is 5.39 Å². The van der Waals surface area contributed by atoms with E-state index in [9.17, 15) is 9.90 Å². The Hall–Kier alpha value is -2.73. The number of ether oxygens (including phenoxy) is 1. The predicted molar refractivity (Wildman–Crippen MR) is 83.4 cm³/mol. The summed E-state index contributed by atoms with van der Waals surface area (Å²) in [5.41, 5.74) is -0.791. The molecule has 1 amide bonds. The predicted octanol–water partition coefficient (Wildman–Crippen LogP) is 2.67. The average Bonchev–Trinajstić information content (AvgIpc) is 3.21. The fourth-order valence-corrected chi connectivity index (χ4v) is 2.32. The maximum absolute atomic E-state index is 12.2. The lowest BCUT2D eigenvalue weighted by atomic mass is 10.0. The van der Waals surface area contributed by atoms with Gasteiger partial charge in [-0.2, -0.15) is 0 Å². The Labute approximate surface area is 132 Å². The normalized spacial score (nSPS) is 13.7. The molecule has 2 aromatic heterocycles. The van der Waals surface area contributed by atoms with Gasteiger partial charge in [-0.15, -0.1) is 0 Å². The summed E-state index contributed by atoms with van der Waals surface area (Å²) >= 11 is 0. The van der Waals surface area contributed by atoms with E-state index >= 15 is 0 Å². The van der Waals surface area contributed by atoms with Gasteiger partial charge < -0.3 is 24.0 Å². The summed E-state index contributed by atoms with van der Waals surface area (Å²) in [4.78, 5) is 12.2. The number of amides is 1. The number of rotatable bonds is 5. The summed E-state index contributed by atoms with van der Waals surface area (Å²) in [5, 5.41) is 13.7. The number of aliphatic hydroxyl groups is 1. The first-order chi connectivity index (χ1) is 11.0. The van der Waals surface area contributed by atoms with Crippen LogP contribution < -0.4 is 10.1 Å². The summed E-state index contributed by atoms with van der Waals surface area (Å²) < 4.78 is 15.9. The van der Waals surface area contributed by atoms with E-state index in [1.54, 1.807) is 31.2 Å². The van der Waals surface area contributed by atoms with Crippen molar-refractivity contribution < 1.29 is 23.5 Å². The van der Waals surface area contributed by atoms with Crippen LogP contribution in [0.25, 0.3) is 11.0 Å². The number of methoxy groups -OCH3 is 1. The van der Waals surface area contributed by atoms with Crippen molar-refractivity contribution in [2.75, 3.05) is 13.7 Å². The van der Waals surface area contributed by atoms with Gasteiger partial charge in [-0.1, -0.05) is 12.1 Å². The van der Waals surface area contributed by atoms with Crippen LogP contribution in [0, 0.1) is 0 Å². The monoisotopic (exact) mass is 315 g/mol. The van der Waals surface area contributed by atoms with Crippen LogP contribution in [0.5, 0.6) is 5.75 Å². The fraction of sp³-hybridized carbons (Fsp3) is 0.235. The Balaban J connectivity index is 1.76. The van der Waals surface area contributed by atoms with Crippen molar-refractivity contribution in [2.45, 2.75) is 12.5 Å². The third-order valence-electron chi connectivity index (χ3n) is 3.60. The first-order valence-electron chi connectivity index (χ1n) is 7.12. The molecule has 0 spiro atoms. The Morgan fingerprint density at radius 3 is 2.87 bits per heavy atom. The number of carbonyl (C=O) groups is 1. The molecule has 3 rings (SSSR count). The molecule has 0 bridgehead atoms. The van der Waals surface area contributed by atoms with Gasteiger partial charge in [-0.05, 0) is 31.2 Å². The molecule has 6 heteroatoms. The Kier molecular flexibility index (Phi) is 3.83. The quantitative estimate of drug-likeness (QED) is 0.756. The molecular formula is C17H17NO5. The Morgan fingerprint density at radius 2 is 2.17 bits per heavy atom. The van der Waals surface area contributed by atoms with Crippen molar-refractivity contribution in [3.05, 3.63) is 54.2 Å². The van der Waals surface area contributed by atoms with Gasteiger partial charge in [-0.25, -0.2) is 0 Å². The van der Waals surface area contributed by atoms with Crippen molar-refractivity contribution in [2.24, 2.45) is 0 Å². The van der Waals surface area contributed by atoms with Crippen molar-refractivity contribution >= 4 is 16.9 Å². The first kappa shape index (κ1) is 15.2. The molecule has 0 aliphatic rings. The number of hydrogen-bond donors (Lipinski definition) is 2. The van der Waals surface area contributed by atoms with Gasteiger partial charge >= 0.3 is 0 Å². The van der Waals surface area contributed by atoms with Crippen LogP contribution >= 0.6 is 0 Å². The largest absolute Gasteiger partial charge is 0.493 e. The minimum atomic E-state index is -1.30. The fourth-order valence-electron chi connectivity index (χ4n) is 2.32. The number of nitrogens with one attached hydrogen (secondary N) is 1. The van der Waals surface area contributed by atoms with Gasteiger partial charge in [-0.3, -0.25) is 4.79 Å². The number of para-hydroxylation sites is 1. The van der Waals surface area contributed by atoms with E-state index in [1.165, 1.54) is 13.4 Å². The van der Waals surface area contributed by atoms with Crippen LogP contribution in [0.15, 0.2) is 51.5 Å². The van der Waals surface area contributed by atoms with Gasteiger partial charge in [0.1, 0.15) is 11.4 Å². The maximum atomic E-state index is 12.2. The molecule has 23 heavy (non-hydrogen) atoms. The number of furan rings is 2. The second-order valence-electron chi connectivity index (χ2n) is 5.42. The standard InChI is InChI=1S/C17H17NO5/c1-17(20,14-7-4-8-22-14)10-18-16(19)13-9-11-5-3-6-12(21-2)15(11)23-13/h3-9,20H,10H2,1-2H3,(H,18,19)/t17-/m0/s1. The van der Waals surface area contributed by atoms with Crippen LogP contribution in [0.3, 0.4) is 0 Å². The zero-order valence-electron chi connectivity index (χ0n) is 12.8. The number of fused-ring (bicyclic) bond motifs is 1. The smallest absolute Gasteiger partial charge is 0.287 e.